The molecule has 1 aromatic carbocycles. The maximum atomic E-state index is 11.9. The minimum Gasteiger partial charge on any atom is -0.493 e. The molecule has 1 aliphatic carbocycles. The first-order valence-electron chi connectivity index (χ1n) is 8.36. The Bertz CT molecular complexity index is 727. The Kier molecular flexibility index (Phi) is 7.05. The number of benzene rings is 1. The molecule has 0 atom stereocenters. The Morgan fingerprint density at radius 2 is 2.12 bits per heavy atom. The Morgan fingerprint density at radius 3 is 2.76 bits per heavy atom. The summed E-state index contributed by atoms with van der Waals surface area (Å²) in [6.07, 6.45) is 6.50. The molecule has 5 nitrogen and oxygen atoms in total. The first kappa shape index (κ1) is 18.6. The van der Waals surface area contributed by atoms with E-state index < -0.39 is 0 Å². The lowest BCUT2D eigenvalue weighted by molar-refractivity contribution is -0.124. The molecule has 1 aromatic rings. The maximum absolute atomic E-state index is 11.9. The van der Waals surface area contributed by atoms with Gasteiger partial charge in [0.15, 0.2) is 6.61 Å². The minimum absolute atomic E-state index is 0.0625. The molecule has 0 unspecified atom stereocenters. The topological polar surface area (TPSA) is 64.6 Å². The molecule has 5 heteroatoms. The van der Waals surface area contributed by atoms with Crippen LogP contribution in [0.25, 0.3) is 0 Å². The third-order valence-electron chi connectivity index (χ3n) is 3.66. The van der Waals surface area contributed by atoms with Gasteiger partial charge in [0.05, 0.1) is 6.61 Å². The van der Waals surface area contributed by atoms with Crippen molar-refractivity contribution in [2.45, 2.75) is 33.2 Å². The molecular weight excluding hydrogens is 318 g/mol. The second kappa shape index (κ2) is 9.50. The van der Waals surface area contributed by atoms with Crippen LogP contribution in [0.2, 0.25) is 0 Å². The molecule has 0 fully saturated rings. The van der Waals surface area contributed by atoms with E-state index in [9.17, 15) is 9.59 Å². The van der Waals surface area contributed by atoms with Gasteiger partial charge >= 0.3 is 0 Å². The van der Waals surface area contributed by atoms with Crippen molar-refractivity contribution in [1.29, 1.82) is 0 Å². The lowest BCUT2D eigenvalue weighted by Crippen LogP contribution is -2.27. The number of aryl methyl sites for hydroxylation is 1. The number of hydrogen-bond acceptors (Lipinski definition) is 4. The summed E-state index contributed by atoms with van der Waals surface area (Å²) in [5.74, 6) is 3.10. The van der Waals surface area contributed by atoms with Crippen LogP contribution in [0.3, 0.4) is 0 Å². The molecule has 0 bridgehead atoms. The fraction of sp³-hybridized carbons (Fsp3) is 0.350. The highest BCUT2D eigenvalue weighted by molar-refractivity contribution is 5.77. The zero-order chi connectivity index (χ0) is 18.1. The van der Waals surface area contributed by atoms with Gasteiger partial charge in [-0.2, -0.15) is 0 Å². The predicted molar refractivity (Wildman–Crippen MR) is 95.8 cm³/mol. The SMILES string of the molecule is CCCOc1ccc(CNC(=O)COC2=CCC(=C=O)C=C2)cc1C. The highest BCUT2D eigenvalue weighted by atomic mass is 16.5. The normalized spacial score (nSPS) is 13.0. The summed E-state index contributed by atoms with van der Waals surface area (Å²) in [6, 6.07) is 5.88. The molecule has 25 heavy (non-hydrogen) atoms. The van der Waals surface area contributed by atoms with Gasteiger partial charge in [-0.05, 0) is 48.8 Å². The molecule has 1 aliphatic rings. The van der Waals surface area contributed by atoms with E-state index in [2.05, 4.69) is 12.2 Å². The van der Waals surface area contributed by atoms with Crippen molar-refractivity contribution in [3.05, 3.63) is 58.9 Å². The first-order chi connectivity index (χ1) is 12.1. The molecule has 0 aromatic heterocycles. The van der Waals surface area contributed by atoms with Gasteiger partial charge in [0, 0.05) is 18.5 Å². The molecule has 1 N–H and O–H groups in total. The van der Waals surface area contributed by atoms with Crippen molar-refractivity contribution in [3.63, 3.8) is 0 Å². The van der Waals surface area contributed by atoms with E-state index in [1.54, 1.807) is 18.2 Å². The number of rotatable bonds is 8. The van der Waals surface area contributed by atoms with Gasteiger partial charge in [-0.15, -0.1) is 0 Å². The van der Waals surface area contributed by atoms with Gasteiger partial charge in [-0.3, -0.25) is 4.79 Å². The second-order valence-corrected chi connectivity index (χ2v) is 5.78. The molecule has 132 valence electrons. The largest absolute Gasteiger partial charge is 0.493 e. The molecule has 0 saturated heterocycles. The maximum Gasteiger partial charge on any atom is 0.258 e. The van der Waals surface area contributed by atoms with E-state index in [0.29, 0.717) is 30.9 Å². The van der Waals surface area contributed by atoms with Gasteiger partial charge in [-0.1, -0.05) is 19.1 Å². The van der Waals surface area contributed by atoms with Crippen LogP contribution < -0.4 is 10.1 Å². The average Bonchev–Trinajstić information content (AvgIpc) is 2.64. The number of nitrogens with one attached hydrogen (secondary N) is 1. The number of carbonyl (C=O) groups excluding carboxylic acids is 2. The van der Waals surface area contributed by atoms with Crippen molar-refractivity contribution >= 4 is 11.8 Å². The third-order valence-corrected chi connectivity index (χ3v) is 3.66. The summed E-state index contributed by atoms with van der Waals surface area (Å²) in [7, 11) is 0. The molecule has 2 rings (SSSR count). The van der Waals surface area contributed by atoms with Crippen LogP contribution in [0.15, 0.2) is 47.8 Å². The second-order valence-electron chi connectivity index (χ2n) is 5.78. The van der Waals surface area contributed by atoms with Crippen LogP contribution in [0.4, 0.5) is 0 Å². The van der Waals surface area contributed by atoms with Crippen molar-refractivity contribution in [1.82, 2.24) is 5.32 Å². The Labute approximate surface area is 148 Å². The lowest BCUT2D eigenvalue weighted by Gasteiger charge is -2.12. The fourth-order valence-electron chi connectivity index (χ4n) is 2.31. The Hall–Kier alpha value is -2.78. The van der Waals surface area contributed by atoms with E-state index >= 15 is 0 Å². The molecule has 0 spiro atoms. The zero-order valence-electron chi connectivity index (χ0n) is 14.6. The van der Waals surface area contributed by atoms with Crippen LogP contribution in [-0.2, 0) is 20.9 Å². The monoisotopic (exact) mass is 341 g/mol. The Morgan fingerprint density at radius 1 is 1.28 bits per heavy atom. The van der Waals surface area contributed by atoms with Gasteiger partial charge in [-0.25, -0.2) is 4.79 Å². The quantitative estimate of drug-likeness (QED) is 0.738. The van der Waals surface area contributed by atoms with Crippen LogP contribution in [-0.4, -0.2) is 25.1 Å². The molecule has 0 aliphatic heterocycles. The zero-order valence-corrected chi connectivity index (χ0v) is 14.6. The molecular formula is C20H23NO4. The van der Waals surface area contributed by atoms with Crippen molar-refractivity contribution in [2.24, 2.45) is 0 Å². The van der Waals surface area contributed by atoms with Crippen LogP contribution in [0.5, 0.6) is 5.75 Å². The van der Waals surface area contributed by atoms with Crippen molar-refractivity contribution < 1.29 is 19.1 Å². The Balaban J connectivity index is 1.76. The summed E-state index contributed by atoms with van der Waals surface area (Å²) >= 11 is 0. The van der Waals surface area contributed by atoms with Gasteiger partial charge in [0.2, 0.25) is 0 Å². The number of amides is 1. The van der Waals surface area contributed by atoms with E-state index in [-0.39, 0.29) is 12.5 Å². The minimum atomic E-state index is -0.199. The number of ether oxygens (including phenoxy) is 2. The van der Waals surface area contributed by atoms with E-state index in [4.69, 9.17) is 9.47 Å². The van der Waals surface area contributed by atoms with Crippen LogP contribution >= 0.6 is 0 Å². The third kappa shape index (κ3) is 5.98. The highest BCUT2D eigenvalue weighted by Gasteiger charge is 2.07. The summed E-state index contributed by atoms with van der Waals surface area (Å²) in [5.41, 5.74) is 2.62. The van der Waals surface area contributed by atoms with Crippen molar-refractivity contribution in [3.8, 4) is 5.75 Å². The number of hydrogen-bond donors (Lipinski definition) is 1. The smallest absolute Gasteiger partial charge is 0.258 e. The molecule has 0 radical (unpaired) electrons. The van der Waals surface area contributed by atoms with Gasteiger partial charge < -0.3 is 14.8 Å². The van der Waals surface area contributed by atoms with Crippen LogP contribution in [0, 0.1) is 6.92 Å². The number of carbonyl (C=O) groups is 1. The summed E-state index contributed by atoms with van der Waals surface area (Å²) < 4.78 is 11.1. The van der Waals surface area contributed by atoms with Crippen molar-refractivity contribution in [2.75, 3.05) is 13.2 Å². The summed E-state index contributed by atoms with van der Waals surface area (Å²) in [4.78, 5) is 22.4. The van der Waals surface area contributed by atoms with Crippen LogP contribution in [0.1, 0.15) is 30.9 Å². The lowest BCUT2D eigenvalue weighted by atomic mass is 10.1. The van der Waals surface area contributed by atoms with E-state index in [1.165, 1.54) is 0 Å². The van der Waals surface area contributed by atoms with E-state index in [0.717, 1.165) is 23.3 Å². The first-order valence-corrected chi connectivity index (χ1v) is 8.36. The van der Waals surface area contributed by atoms with E-state index in [1.807, 2.05) is 31.1 Å². The standard InChI is InChI=1S/C20H23NO4/c1-3-10-24-19-9-6-17(11-15(19)2)12-21-20(23)14-25-18-7-4-16(13-22)5-8-18/h4,6-9,11H,3,5,10,12,14H2,1-2H3,(H,21,23). The predicted octanol–water partition coefficient (Wildman–Crippen LogP) is 3.02. The van der Waals surface area contributed by atoms with Gasteiger partial charge in [0.25, 0.3) is 5.91 Å². The molecule has 1 amide bonds. The summed E-state index contributed by atoms with van der Waals surface area (Å²) in [5, 5.41) is 2.82. The molecule has 0 heterocycles. The highest BCUT2D eigenvalue weighted by Crippen LogP contribution is 2.19. The molecule has 0 saturated carbocycles. The van der Waals surface area contributed by atoms with Gasteiger partial charge in [0.1, 0.15) is 17.5 Å². The fourth-order valence-corrected chi connectivity index (χ4v) is 2.31. The summed E-state index contributed by atoms with van der Waals surface area (Å²) in [6.45, 7) is 5.13. The average molecular weight is 341 g/mol. The number of allylic oxidation sites excluding steroid dienone is 4.